The van der Waals surface area contributed by atoms with Gasteiger partial charge in [-0.25, -0.2) is 4.98 Å². The van der Waals surface area contributed by atoms with Gasteiger partial charge >= 0.3 is 0 Å². The number of nitrogens with zero attached hydrogens (tertiary/aromatic N) is 2. The van der Waals surface area contributed by atoms with Crippen molar-refractivity contribution in [2.45, 2.75) is 6.92 Å². The lowest BCUT2D eigenvalue weighted by Gasteiger charge is -2.15. The highest BCUT2D eigenvalue weighted by Gasteiger charge is 2.12. The summed E-state index contributed by atoms with van der Waals surface area (Å²) < 4.78 is 0. The number of hydrogen-bond donors (Lipinski definition) is 1. The van der Waals surface area contributed by atoms with Gasteiger partial charge in [-0.1, -0.05) is 11.6 Å². The third-order valence-electron chi connectivity index (χ3n) is 2.98. The van der Waals surface area contributed by atoms with Crippen molar-refractivity contribution in [3.05, 3.63) is 52.8 Å². The second kappa shape index (κ2) is 5.92. The minimum absolute atomic E-state index is 0.201. The van der Waals surface area contributed by atoms with Gasteiger partial charge in [-0.2, -0.15) is 0 Å². The highest BCUT2D eigenvalue weighted by atomic mass is 35.5. The molecule has 0 atom stereocenters. The van der Waals surface area contributed by atoms with Crippen molar-refractivity contribution in [2.75, 3.05) is 24.3 Å². The van der Waals surface area contributed by atoms with Crippen LogP contribution in [0.3, 0.4) is 0 Å². The maximum absolute atomic E-state index is 12.2. The van der Waals surface area contributed by atoms with Crippen LogP contribution < -0.4 is 10.2 Å². The Morgan fingerprint density at radius 2 is 2.05 bits per heavy atom. The molecule has 20 heavy (non-hydrogen) atoms. The van der Waals surface area contributed by atoms with Crippen molar-refractivity contribution in [3.8, 4) is 0 Å². The number of nitrogens with one attached hydrogen (secondary N) is 1. The lowest BCUT2D eigenvalue weighted by molar-refractivity contribution is 0.102. The smallest absolute Gasteiger partial charge is 0.258 e. The quantitative estimate of drug-likeness (QED) is 0.881. The summed E-state index contributed by atoms with van der Waals surface area (Å²) in [4.78, 5) is 18.1. The summed E-state index contributed by atoms with van der Waals surface area (Å²) in [7, 11) is 3.95. The summed E-state index contributed by atoms with van der Waals surface area (Å²) in [6, 6.07) is 9.18. The summed E-state index contributed by atoms with van der Waals surface area (Å²) in [5.74, 6) is -0.260. The van der Waals surface area contributed by atoms with Crippen molar-refractivity contribution in [1.29, 1.82) is 0 Å². The van der Waals surface area contributed by atoms with Crippen LogP contribution in [-0.2, 0) is 0 Å². The van der Waals surface area contributed by atoms with E-state index in [2.05, 4.69) is 10.3 Å². The zero-order valence-electron chi connectivity index (χ0n) is 11.6. The van der Waals surface area contributed by atoms with Crippen LogP contribution in [0.25, 0.3) is 0 Å². The molecule has 0 bridgehead atoms. The van der Waals surface area contributed by atoms with Crippen molar-refractivity contribution >= 4 is 28.9 Å². The van der Waals surface area contributed by atoms with Gasteiger partial charge in [-0.05, 0) is 42.8 Å². The summed E-state index contributed by atoms with van der Waals surface area (Å²) in [5, 5.41) is 3.05. The molecular weight excluding hydrogens is 274 g/mol. The molecule has 1 aromatic carbocycles. The van der Waals surface area contributed by atoms with Crippen LogP contribution in [0, 0.1) is 6.92 Å². The highest BCUT2D eigenvalue weighted by Crippen LogP contribution is 2.22. The van der Waals surface area contributed by atoms with E-state index in [0.717, 1.165) is 16.9 Å². The Labute approximate surface area is 123 Å². The van der Waals surface area contributed by atoms with Gasteiger partial charge in [-0.15, -0.1) is 0 Å². The average molecular weight is 290 g/mol. The number of aryl methyl sites for hydroxylation is 1. The first-order valence-corrected chi connectivity index (χ1v) is 6.56. The van der Waals surface area contributed by atoms with E-state index in [9.17, 15) is 4.79 Å². The summed E-state index contributed by atoms with van der Waals surface area (Å²) in [5.41, 5.74) is 3.20. The Morgan fingerprint density at radius 1 is 1.30 bits per heavy atom. The molecule has 5 heteroatoms. The van der Waals surface area contributed by atoms with Crippen LogP contribution in [0.15, 0.2) is 36.5 Å². The molecule has 2 aromatic rings. The third-order valence-corrected chi connectivity index (χ3v) is 3.28. The molecule has 0 radical (unpaired) electrons. The largest absolute Gasteiger partial charge is 0.378 e. The van der Waals surface area contributed by atoms with Crippen molar-refractivity contribution in [3.63, 3.8) is 0 Å². The maximum Gasteiger partial charge on any atom is 0.258 e. The Morgan fingerprint density at radius 3 is 2.65 bits per heavy atom. The zero-order valence-corrected chi connectivity index (χ0v) is 12.4. The summed E-state index contributed by atoms with van der Waals surface area (Å²) in [6.07, 6.45) is 1.55. The zero-order chi connectivity index (χ0) is 14.7. The van der Waals surface area contributed by atoms with Crippen LogP contribution in [0.1, 0.15) is 15.9 Å². The van der Waals surface area contributed by atoms with E-state index >= 15 is 0 Å². The van der Waals surface area contributed by atoms with Crippen molar-refractivity contribution in [2.24, 2.45) is 0 Å². The first kappa shape index (κ1) is 14.3. The van der Waals surface area contributed by atoms with E-state index < -0.39 is 0 Å². The second-order valence-corrected chi connectivity index (χ2v) is 5.05. The maximum atomic E-state index is 12.2. The predicted molar refractivity (Wildman–Crippen MR) is 82.7 cm³/mol. The van der Waals surface area contributed by atoms with Crippen LogP contribution in [0.4, 0.5) is 11.4 Å². The lowest BCUT2D eigenvalue weighted by atomic mass is 10.1. The number of amides is 1. The molecule has 0 saturated carbocycles. The van der Waals surface area contributed by atoms with Gasteiger partial charge in [-0.3, -0.25) is 4.79 Å². The monoisotopic (exact) mass is 289 g/mol. The molecular formula is C15H16ClN3O. The van der Waals surface area contributed by atoms with Crippen molar-refractivity contribution < 1.29 is 4.79 Å². The van der Waals surface area contributed by atoms with Gasteiger partial charge in [0.2, 0.25) is 0 Å². The third kappa shape index (κ3) is 3.08. The highest BCUT2D eigenvalue weighted by molar-refractivity contribution is 6.33. The molecule has 0 aliphatic carbocycles. The molecule has 0 unspecified atom stereocenters. The average Bonchev–Trinajstić information content (AvgIpc) is 2.41. The minimum Gasteiger partial charge on any atom is -0.378 e. The molecule has 0 spiro atoms. The van der Waals surface area contributed by atoms with E-state index in [-0.39, 0.29) is 11.1 Å². The number of pyridine rings is 1. The second-order valence-electron chi connectivity index (χ2n) is 4.69. The number of carbonyl (C=O) groups excluding carboxylic acids is 1. The molecule has 1 aromatic heterocycles. The Bertz CT molecular complexity index is 641. The number of carbonyl (C=O) groups is 1. The molecule has 1 heterocycles. The predicted octanol–water partition coefficient (Wildman–Crippen LogP) is 3.36. The van der Waals surface area contributed by atoms with Crippen molar-refractivity contribution in [1.82, 2.24) is 4.98 Å². The van der Waals surface area contributed by atoms with Gasteiger partial charge in [0.05, 0.1) is 5.56 Å². The van der Waals surface area contributed by atoms with E-state index in [0.29, 0.717) is 5.56 Å². The van der Waals surface area contributed by atoms with Gasteiger partial charge in [0.15, 0.2) is 0 Å². The molecule has 0 aliphatic rings. The number of aromatic nitrogens is 1. The molecule has 1 amide bonds. The number of benzene rings is 1. The number of anilines is 2. The normalized spacial score (nSPS) is 10.2. The van der Waals surface area contributed by atoms with E-state index in [1.54, 1.807) is 18.3 Å². The first-order chi connectivity index (χ1) is 9.49. The van der Waals surface area contributed by atoms with Gasteiger partial charge in [0.1, 0.15) is 5.15 Å². The Hall–Kier alpha value is -2.07. The minimum atomic E-state index is -0.260. The molecule has 104 valence electrons. The first-order valence-electron chi connectivity index (χ1n) is 6.19. The van der Waals surface area contributed by atoms with E-state index in [1.807, 2.05) is 44.1 Å². The van der Waals surface area contributed by atoms with E-state index in [1.165, 1.54) is 0 Å². The summed E-state index contributed by atoms with van der Waals surface area (Å²) in [6.45, 7) is 1.95. The topological polar surface area (TPSA) is 45.2 Å². The number of rotatable bonds is 3. The fraction of sp³-hybridized carbons (Fsp3) is 0.200. The fourth-order valence-corrected chi connectivity index (χ4v) is 2.02. The standard InChI is InChI=1S/C15H16ClN3O/c1-10-9-11(19(2)3)6-7-13(10)18-15(20)12-5-4-8-17-14(12)16/h4-9H,1-3H3,(H,18,20). The molecule has 0 fully saturated rings. The SMILES string of the molecule is Cc1cc(N(C)C)ccc1NC(=O)c1cccnc1Cl. The van der Waals surface area contributed by atoms with Crippen LogP contribution in [0.2, 0.25) is 5.15 Å². The van der Waals surface area contributed by atoms with Crippen LogP contribution in [-0.4, -0.2) is 25.0 Å². The Kier molecular flexibility index (Phi) is 4.25. The van der Waals surface area contributed by atoms with Gasteiger partial charge < -0.3 is 10.2 Å². The van der Waals surface area contributed by atoms with Gasteiger partial charge in [0, 0.05) is 31.7 Å². The summed E-state index contributed by atoms with van der Waals surface area (Å²) >= 11 is 5.91. The molecule has 1 N–H and O–H groups in total. The molecule has 2 rings (SSSR count). The fourth-order valence-electron chi connectivity index (χ4n) is 1.81. The Balaban J connectivity index is 2.22. The lowest BCUT2D eigenvalue weighted by Crippen LogP contribution is -2.14. The number of hydrogen-bond acceptors (Lipinski definition) is 3. The number of halogens is 1. The molecule has 0 saturated heterocycles. The van der Waals surface area contributed by atoms with E-state index in [4.69, 9.17) is 11.6 Å². The molecule has 0 aliphatic heterocycles. The van der Waals surface area contributed by atoms with Gasteiger partial charge in [0.25, 0.3) is 5.91 Å². The van der Waals surface area contributed by atoms with Crippen LogP contribution in [0.5, 0.6) is 0 Å². The van der Waals surface area contributed by atoms with Crippen LogP contribution >= 0.6 is 11.6 Å². The molecule has 4 nitrogen and oxygen atoms in total.